The highest BCUT2D eigenvalue weighted by molar-refractivity contribution is 14.1. The van der Waals surface area contributed by atoms with Crippen LogP contribution in [-0.4, -0.2) is 19.4 Å². The van der Waals surface area contributed by atoms with Gasteiger partial charge in [0.2, 0.25) is 23.0 Å². The molecular weight excluding hydrogens is 401 g/mol. The lowest BCUT2D eigenvalue weighted by molar-refractivity contribution is 0.196. The van der Waals surface area contributed by atoms with Crippen LogP contribution in [0.25, 0.3) is 17.2 Å². The Bertz CT molecular complexity index is 753. The summed E-state index contributed by atoms with van der Waals surface area (Å²) < 4.78 is 10.1. The molecule has 0 bridgehead atoms. The summed E-state index contributed by atoms with van der Waals surface area (Å²) in [5.41, 5.74) is 6.76. The fraction of sp³-hybridized carbons (Fsp3) is 0.211. The van der Waals surface area contributed by atoms with Gasteiger partial charge in [-0.2, -0.15) is 0 Å². The summed E-state index contributed by atoms with van der Waals surface area (Å²) in [6.45, 7) is 0.799. The van der Waals surface area contributed by atoms with Crippen molar-refractivity contribution in [2.75, 3.05) is 13.7 Å². The Kier molecular flexibility index (Phi) is 5.46. The SMILES string of the molecule is COCCC/C=C/c1ccc2c(c1)/C(=N/OI)c1ccccc1-2. The Labute approximate surface area is 150 Å². The van der Waals surface area contributed by atoms with Gasteiger partial charge in [-0.05, 0) is 35.6 Å². The van der Waals surface area contributed by atoms with Crippen molar-refractivity contribution in [3.05, 3.63) is 65.2 Å². The second-order valence-corrected chi connectivity index (χ2v) is 5.79. The molecule has 23 heavy (non-hydrogen) atoms. The maximum atomic E-state index is 5.07. The maximum Gasteiger partial charge on any atom is 0.230 e. The molecule has 118 valence electrons. The van der Waals surface area contributed by atoms with Crippen LogP contribution in [-0.2, 0) is 7.90 Å². The second-order valence-electron chi connectivity index (χ2n) is 5.40. The molecule has 2 aromatic rings. The van der Waals surface area contributed by atoms with E-state index in [4.69, 9.17) is 7.90 Å². The highest BCUT2D eigenvalue weighted by Gasteiger charge is 2.25. The van der Waals surface area contributed by atoms with Crippen molar-refractivity contribution in [3.63, 3.8) is 0 Å². The minimum atomic E-state index is 0.799. The van der Waals surface area contributed by atoms with Crippen LogP contribution in [0.15, 0.2) is 53.7 Å². The fourth-order valence-corrected chi connectivity index (χ4v) is 3.06. The summed E-state index contributed by atoms with van der Waals surface area (Å²) in [4.78, 5) is 0. The Hall–Kier alpha value is -1.66. The molecule has 0 N–H and O–H groups in total. The Morgan fingerprint density at radius 1 is 1.04 bits per heavy atom. The molecule has 0 aromatic heterocycles. The normalized spacial score (nSPS) is 14.3. The van der Waals surface area contributed by atoms with Crippen molar-refractivity contribution in [3.8, 4) is 11.1 Å². The molecule has 1 aliphatic rings. The van der Waals surface area contributed by atoms with Crippen molar-refractivity contribution in [1.82, 2.24) is 0 Å². The fourth-order valence-electron chi connectivity index (χ4n) is 2.86. The van der Waals surface area contributed by atoms with E-state index in [9.17, 15) is 0 Å². The lowest BCUT2D eigenvalue weighted by Crippen LogP contribution is -1.98. The Balaban J connectivity index is 1.90. The smallest absolute Gasteiger partial charge is 0.230 e. The van der Waals surface area contributed by atoms with E-state index < -0.39 is 0 Å². The quantitative estimate of drug-likeness (QED) is 0.312. The largest absolute Gasteiger partial charge is 0.385 e. The zero-order valence-electron chi connectivity index (χ0n) is 13.0. The highest BCUT2D eigenvalue weighted by Crippen LogP contribution is 2.37. The molecule has 1 aliphatic carbocycles. The first-order valence-corrected chi connectivity index (χ1v) is 8.48. The number of rotatable bonds is 6. The predicted molar refractivity (Wildman–Crippen MR) is 103 cm³/mol. The Morgan fingerprint density at radius 3 is 2.61 bits per heavy atom. The van der Waals surface area contributed by atoms with Crippen molar-refractivity contribution < 1.29 is 7.90 Å². The molecule has 0 atom stereocenters. The van der Waals surface area contributed by atoms with Crippen LogP contribution in [0.1, 0.15) is 29.5 Å². The van der Waals surface area contributed by atoms with E-state index in [-0.39, 0.29) is 0 Å². The van der Waals surface area contributed by atoms with Gasteiger partial charge < -0.3 is 7.90 Å². The lowest BCUT2D eigenvalue weighted by atomic mass is 10.0. The van der Waals surface area contributed by atoms with Crippen molar-refractivity contribution in [2.24, 2.45) is 5.16 Å². The van der Waals surface area contributed by atoms with Crippen LogP contribution in [0.5, 0.6) is 0 Å². The molecule has 0 amide bonds. The number of nitrogens with zero attached hydrogens (tertiary/aromatic N) is 1. The topological polar surface area (TPSA) is 30.8 Å². The zero-order chi connectivity index (χ0) is 16.1. The number of fused-ring (bicyclic) bond motifs is 3. The molecule has 0 fully saturated rings. The predicted octanol–water partition coefficient (Wildman–Crippen LogP) is 5.23. The zero-order valence-corrected chi connectivity index (χ0v) is 15.1. The minimum Gasteiger partial charge on any atom is -0.385 e. The number of halogens is 1. The number of ether oxygens (including phenoxy) is 1. The van der Waals surface area contributed by atoms with Gasteiger partial charge in [0.05, 0.1) is 0 Å². The van der Waals surface area contributed by atoms with Crippen molar-refractivity contribution >= 4 is 34.8 Å². The summed E-state index contributed by atoms with van der Waals surface area (Å²) >= 11 is 1.81. The van der Waals surface area contributed by atoms with E-state index in [0.29, 0.717) is 0 Å². The van der Waals surface area contributed by atoms with Gasteiger partial charge in [-0.3, -0.25) is 0 Å². The van der Waals surface area contributed by atoms with Gasteiger partial charge in [-0.25, -0.2) is 0 Å². The van der Waals surface area contributed by atoms with Crippen molar-refractivity contribution in [1.29, 1.82) is 0 Å². The number of methoxy groups -OCH3 is 1. The van der Waals surface area contributed by atoms with Crippen LogP contribution in [0.2, 0.25) is 0 Å². The van der Waals surface area contributed by atoms with Crippen LogP contribution in [0, 0.1) is 0 Å². The molecule has 0 aliphatic heterocycles. The van der Waals surface area contributed by atoms with E-state index >= 15 is 0 Å². The molecule has 3 nitrogen and oxygen atoms in total. The van der Waals surface area contributed by atoms with Crippen molar-refractivity contribution in [2.45, 2.75) is 12.8 Å². The minimum absolute atomic E-state index is 0.799. The molecule has 4 heteroatoms. The molecule has 0 heterocycles. The van der Waals surface area contributed by atoms with Crippen LogP contribution in [0.4, 0.5) is 0 Å². The van der Waals surface area contributed by atoms with E-state index in [1.807, 2.05) is 6.07 Å². The average molecular weight is 419 g/mol. The monoisotopic (exact) mass is 419 g/mol. The van der Waals surface area contributed by atoms with Crippen LogP contribution < -0.4 is 0 Å². The van der Waals surface area contributed by atoms with E-state index in [1.54, 1.807) is 30.1 Å². The van der Waals surface area contributed by atoms with E-state index in [1.165, 1.54) is 16.7 Å². The highest BCUT2D eigenvalue weighted by atomic mass is 127. The number of allylic oxidation sites excluding steroid dienone is 1. The molecule has 2 aromatic carbocycles. The van der Waals surface area contributed by atoms with Gasteiger partial charge in [0.25, 0.3) is 0 Å². The number of unbranched alkanes of at least 4 members (excludes halogenated alkanes) is 1. The number of benzene rings is 2. The summed E-state index contributed by atoms with van der Waals surface area (Å²) in [5, 5.41) is 4.23. The molecular formula is C19H18INO2. The summed E-state index contributed by atoms with van der Waals surface area (Å²) in [6.07, 6.45) is 6.40. The van der Waals surface area contributed by atoms with Gasteiger partial charge in [-0.15, -0.1) is 0 Å². The molecule has 0 saturated carbocycles. The van der Waals surface area contributed by atoms with Gasteiger partial charge in [0.15, 0.2) is 0 Å². The summed E-state index contributed by atoms with van der Waals surface area (Å²) in [7, 11) is 1.73. The average Bonchev–Trinajstić information content (AvgIpc) is 2.89. The first-order chi connectivity index (χ1) is 11.3. The first kappa shape index (κ1) is 16.2. The van der Waals surface area contributed by atoms with E-state index in [0.717, 1.165) is 36.3 Å². The van der Waals surface area contributed by atoms with Gasteiger partial charge >= 0.3 is 0 Å². The Morgan fingerprint density at radius 2 is 1.83 bits per heavy atom. The number of hydrogen-bond donors (Lipinski definition) is 0. The molecule has 3 rings (SSSR count). The first-order valence-electron chi connectivity index (χ1n) is 7.60. The van der Waals surface area contributed by atoms with Gasteiger partial charge in [0.1, 0.15) is 5.71 Å². The second kappa shape index (κ2) is 7.75. The number of oxime groups is 1. The molecule has 0 unspecified atom stereocenters. The third-order valence-electron chi connectivity index (χ3n) is 3.93. The number of hydrogen-bond acceptors (Lipinski definition) is 3. The molecule has 0 saturated heterocycles. The molecule has 0 radical (unpaired) electrons. The maximum absolute atomic E-state index is 5.07. The third-order valence-corrected chi connectivity index (χ3v) is 4.12. The van der Waals surface area contributed by atoms with Crippen LogP contribution in [0.3, 0.4) is 0 Å². The van der Waals surface area contributed by atoms with Gasteiger partial charge in [0, 0.05) is 24.8 Å². The molecule has 0 spiro atoms. The van der Waals surface area contributed by atoms with Crippen LogP contribution >= 0.6 is 23.0 Å². The van der Waals surface area contributed by atoms with Gasteiger partial charge in [-0.1, -0.05) is 53.7 Å². The summed E-state index contributed by atoms with van der Waals surface area (Å²) in [5.74, 6) is 0. The third kappa shape index (κ3) is 3.48. The standard InChI is InChI=1S/C19H18INO2/c1-22-12-6-2-3-7-14-10-11-16-15-8-4-5-9-17(15)19(21-23-20)18(16)13-14/h3-5,7-11,13H,2,6,12H2,1H3/b7-3+,21-19+. The lowest BCUT2D eigenvalue weighted by Gasteiger charge is -2.02. The van der Waals surface area contributed by atoms with E-state index in [2.05, 4.69) is 53.7 Å². The summed E-state index contributed by atoms with van der Waals surface area (Å²) in [6, 6.07) is 14.8.